The lowest BCUT2D eigenvalue weighted by atomic mass is 9.93. The van der Waals surface area contributed by atoms with E-state index in [2.05, 4.69) is 0 Å². The van der Waals surface area contributed by atoms with Crippen LogP contribution in [-0.4, -0.2) is 26.5 Å². The van der Waals surface area contributed by atoms with Gasteiger partial charge in [-0.25, -0.2) is 0 Å². The van der Waals surface area contributed by atoms with Gasteiger partial charge < -0.3 is 15.2 Å². The molecular weight excluding hydrogens is 254 g/mol. The first-order valence-electron chi connectivity index (χ1n) is 5.65. The molecule has 0 fully saturated rings. The molecule has 0 amide bonds. The summed E-state index contributed by atoms with van der Waals surface area (Å²) in [4.78, 5) is 11.9. The van der Waals surface area contributed by atoms with Gasteiger partial charge in [0.05, 0.1) is 25.8 Å². The van der Waals surface area contributed by atoms with Gasteiger partial charge in [0, 0.05) is 11.1 Å². The summed E-state index contributed by atoms with van der Waals surface area (Å²) in [5.74, 6) is 0.867. The Morgan fingerprint density at radius 3 is 2.28 bits per heavy atom. The van der Waals surface area contributed by atoms with E-state index < -0.39 is 0 Å². The molecule has 0 radical (unpaired) electrons. The van der Waals surface area contributed by atoms with Crippen LogP contribution in [0.2, 0.25) is 5.02 Å². The molecule has 0 heterocycles. The van der Waals surface area contributed by atoms with E-state index >= 15 is 0 Å². The van der Waals surface area contributed by atoms with E-state index in [1.165, 1.54) is 14.2 Å². The number of ketones is 1. The van der Waals surface area contributed by atoms with Gasteiger partial charge in [0.15, 0.2) is 17.3 Å². The quantitative estimate of drug-likeness (QED) is 0.837. The molecule has 2 N–H and O–H groups in total. The van der Waals surface area contributed by atoms with E-state index in [1.54, 1.807) is 6.07 Å². The average molecular weight is 272 g/mol. The maximum Gasteiger partial charge on any atom is 0.179 e. The third-order valence-electron chi connectivity index (χ3n) is 2.70. The largest absolute Gasteiger partial charge is 0.492 e. The van der Waals surface area contributed by atoms with Gasteiger partial charge in [-0.2, -0.15) is 0 Å². The normalized spacial score (nSPS) is 10.6. The zero-order chi connectivity index (χ0) is 13.9. The van der Waals surface area contributed by atoms with Gasteiger partial charge in [-0.3, -0.25) is 4.79 Å². The van der Waals surface area contributed by atoms with Gasteiger partial charge in [-0.05, 0) is 12.0 Å². The zero-order valence-corrected chi connectivity index (χ0v) is 11.8. The van der Waals surface area contributed by atoms with Gasteiger partial charge in [0.1, 0.15) is 0 Å². The molecule has 5 heteroatoms. The molecule has 0 saturated carbocycles. The summed E-state index contributed by atoms with van der Waals surface area (Å²) in [6.45, 7) is 3.88. The highest BCUT2D eigenvalue weighted by Gasteiger charge is 2.23. The first kappa shape index (κ1) is 14.8. The molecule has 0 spiro atoms. The second kappa shape index (κ2) is 6.07. The van der Waals surface area contributed by atoms with Crippen LogP contribution in [0.1, 0.15) is 35.7 Å². The van der Waals surface area contributed by atoms with Crippen LogP contribution in [0.25, 0.3) is 0 Å². The molecule has 1 aromatic rings. The molecule has 0 aromatic heterocycles. The average Bonchev–Trinajstić information content (AvgIpc) is 2.35. The summed E-state index contributed by atoms with van der Waals surface area (Å²) >= 11 is 6.09. The zero-order valence-electron chi connectivity index (χ0n) is 11.0. The summed E-state index contributed by atoms with van der Waals surface area (Å²) in [5, 5.41) is 0.343. The van der Waals surface area contributed by atoms with Gasteiger partial charge in [-0.15, -0.1) is 0 Å². The van der Waals surface area contributed by atoms with Gasteiger partial charge in [0.2, 0.25) is 0 Å². The molecule has 0 saturated heterocycles. The highest BCUT2D eigenvalue weighted by molar-refractivity contribution is 6.33. The van der Waals surface area contributed by atoms with Crippen LogP contribution in [0.5, 0.6) is 11.5 Å². The third kappa shape index (κ3) is 2.60. The summed E-state index contributed by atoms with van der Waals surface area (Å²) in [5.41, 5.74) is 6.69. The number of benzene rings is 1. The number of rotatable bonds is 5. The first-order valence-corrected chi connectivity index (χ1v) is 6.03. The number of methoxy groups -OCH3 is 2. The Bertz CT molecular complexity index is 458. The molecular formula is C13H18ClNO3. The summed E-state index contributed by atoms with van der Waals surface area (Å²) in [6.07, 6.45) is 0. The fraction of sp³-hybridized carbons (Fsp3) is 0.462. The third-order valence-corrected chi connectivity index (χ3v) is 2.98. The van der Waals surface area contributed by atoms with E-state index in [0.29, 0.717) is 22.1 Å². The SMILES string of the molecule is COc1c(Cl)cc(C(=O)CN)c(C(C)C)c1OC. The number of Topliss-reactive ketones (excluding diaryl/α,β-unsaturated/α-hetero) is 1. The number of hydrogen-bond acceptors (Lipinski definition) is 4. The van der Waals surface area contributed by atoms with Crippen molar-refractivity contribution in [3.05, 3.63) is 22.2 Å². The van der Waals surface area contributed by atoms with Crippen molar-refractivity contribution in [3.8, 4) is 11.5 Å². The monoisotopic (exact) mass is 271 g/mol. The molecule has 4 nitrogen and oxygen atoms in total. The molecule has 0 unspecified atom stereocenters. The second-order valence-corrected chi connectivity index (χ2v) is 4.58. The highest BCUT2D eigenvalue weighted by Crippen LogP contribution is 2.43. The van der Waals surface area contributed by atoms with Crippen LogP contribution in [0.4, 0.5) is 0 Å². The van der Waals surface area contributed by atoms with Crippen molar-refractivity contribution in [2.45, 2.75) is 19.8 Å². The van der Waals surface area contributed by atoms with Crippen molar-refractivity contribution in [2.24, 2.45) is 5.73 Å². The van der Waals surface area contributed by atoms with Crippen LogP contribution in [0, 0.1) is 0 Å². The van der Waals surface area contributed by atoms with Crippen LogP contribution >= 0.6 is 11.6 Å². The van der Waals surface area contributed by atoms with Crippen LogP contribution < -0.4 is 15.2 Å². The Balaban J connectivity index is 3.62. The van der Waals surface area contributed by atoms with Crippen molar-refractivity contribution in [3.63, 3.8) is 0 Å². The van der Waals surface area contributed by atoms with Gasteiger partial charge in [-0.1, -0.05) is 25.4 Å². The minimum Gasteiger partial charge on any atom is -0.492 e. The summed E-state index contributed by atoms with van der Waals surface area (Å²) < 4.78 is 10.6. The summed E-state index contributed by atoms with van der Waals surface area (Å²) in [7, 11) is 3.04. The molecule has 1 rings (SSSR count). The van der Waals surface area contributed by atoms with Crippen molar-refractivity contribution >= 4 is 17.4 Å². The first-order chi connectivity index (χ1) is 8.47. The number of halogens is 1. The van der Waals surface area contributed by atoms with Crippen LogP contribution in [0.15, 0.2) is 6.07 Å². The predicted octanol–water partition coefficient (Wildman–Crippen LogP) is 2.62. The molecule has 0 bridgehead atoms. The number of carbonyl (C=O) groups is 1. The van der Waals surface area contributed by atoms with Crippen LogP contribution in [0.3, 0.4) is 0 Å². The van der Waals surface area contributed by atoms with Crippen molar-refractivity contribution in [1.82, 2.24) is 0 Å². The lowest BCUT2D eigenvalue weighted by molar-refractivity contribution is 0.0999. The van der Waals surface area contributed by atoms with E-state index in [4.69, 9.17) is 26.8 Å². The maximum atomic E-state index is 11.9. The lowest BCUT2D eigenvalue weighted by Gasteiger charge is -2.19. The minimum atomic E-state index is -0.165. The molecule has 0 atom stereocenters. The van der Waals surface area contributed by atoms with Gasteiger partial charge in [0.25, 0.3) is 0 Å². The Morgan fingerprint density at radius 1 is 1.33 bits per heavy atom. The Labute approximate surface area is 112 Å². The lowest BCUT2D eigenvalue weighted by Crippen LogP contribution is -2.17. The fourth-order valence-corrected chi connectivity index (χ4v) is 2.20. The molecule has 0 aliphatic rings. The number of carbonyl (C=O) groups excluding carboxylic acids is 1. The fourth-order valence-electron chi connectivity index (χ4n) is 1.93. The number of ether oxygens (including phenoxy) is 2. The van der Waals surface area contributed by atoms with Crippen LogP contribution in [-0.2, 0) is 0 Å². The number of hydrogen-bond donors (Lipinski definition) is 1. The Morgan fingerprint density at radius 2 is 1.89 bits per heavy atom. The smallest absolute Gasteiger partial charge is 0.179 e. The molecule has 0 aliphatic heterocycles. The van der Waals surface area contributed by atoms with Crippen molar-refractivity contribution < 1.29 is 14.3 Å². The Kier molecular flexibility index (Phi) is 4.99. The van der Waals surface area contributed by atoms with E-state index in [9.17, 15) is 4.79 Å². The standard InChI is InChI=1S/C13H18ClNO3/c1-7(2)11-8(10(16)6-15)5-9(14)12(17-3)13(11)18-4/h5,7H,6,15H2,1-4H3. The van der Waals surface area contributed by atoms with Crippen molar-refractivity contribution in [1.29, 1.82) is 0 Å². The topological polar surface area (TPSA) is 61.5 Å². The molecule has 18 heavy (non-hydrogen) atoms. The second-order valence-electron chi connectivity index (χ2n) is 4.17. The van der Waals surface area contributed by atoms with E-state index in [0.717, 1.165) is 5.56 Å². The molecule has 100 valence electrons. The minimum absolute atomic E-state index is 0.0640. The maximum absolute atomic E-state index is 11.9. The van der Waals surface area contributed by atoms with Gasteiger partial charge >= 0.3 is 0 Å². The number of nitrogens with two attached hydrogens (primary N) is 1. The molecule has 0 aliphatic carbocycles. The summed E-state index contributed by atoms with van der Waals surface area (Å²) in [6, 6.07) is 1.59. The molecule has 1 aromatic carbocycles. The Hall–Kier alpha value is -1.26. The predicted molar refractivity (Wildman–Crippen MR) is 72.0 cm³/mol. The highest BCUT2D eigenvalue weighted by atomic mass is 35.5. The van der Waals surface area contributed by atoms with E-state index in [1.807, 2.05) is 13.8 Å². The van der Waals surface area contributed by atoms with E-state index in [-0.39, 0.29) is 18.2 Å². The van der Waals surface area contributed by atoms with Crippen molar-refractivity contribution in [2.75, 3.05) is 20.8 Å².